The van der Waals surface area contributed by atoms with Crippen LogP contribution >= 0.6 is 11.6 Å². The Kier molecular flexibility index (Phi) is 4.30. The molecule has 116 valence electrons. The minimum Gasteiger partial charge on any atom is -0.495 e. The normalized spacial score (nSPS) is 10.3. The van der Waals surface area contributed by atoms with E-state index in [9.17, 15) is 4.79 Å². The van der Waals surface area contributed by atoms with E-state index in [0.717, 1.165) is 5.56 Å². The van der Waals surface area contributed by atoms with Gasteiger partial charge in [0.1, 0.15) is 11.4 Å². The van der Waals surface area contributed by atoms with Gasteiger partial charge in [-0.05, 0) is 30.3 Å². The summed E-state index contributed by atoms with van der Waals surface area (Å²) in [6, 6.07) is 16.2. The summed E-state index contributed by atoms with van der Waals surface area (Å²) in [5, 5.41) is 10.3. The highest BCUT2D eigenvalue weighted by Gasteiger charge is 2.13. The largest absolute Gasteiger partial charge is 0.495 e. The third kappa shape index (κ3) is 3.35. The summed E-state index contributed by atoms with van der Waals surface area (Å²) >= 11 is 5.97. The second-order valence-electron chi connectivity index (χ2n) is 4.83. The molecule has 0 aliphatic heterocycles. The number of ether oxygens (including phenoxy) is 1. The Balaban J connectivity index is 1.81. The number of aromatic nitrogens is 2. The van der Waals surface area contributed by atoms with E-state index < -0.39 is 0 Å². The maximum absolute atomic E-state index is 12.3. The Hall–Kier alpha value is -2.79. The van der Waals surface area contributed by atoms with Crippen LogP contribution in [0.1, 0.15) is 10.5 Å². The lowest BCUT2D eigenvalue weighted by Gasteiger charge is -2.08. The highest BCUT2D eigenvalue weighted by Crippen LogP contribution is 2.25. The van der Waals surface area contributed by atoms with Crippen molar-refractivity contribution in [2.24, 2.45) is 0 Å². The molecule has 0 aliphatic carbocycles. The molecule has 0 saturated heterocycles. The number of halogens is 1. The smallest absolute Gasteiger partial charge is 0.273 e. The quantitative estimate of drug-likeness (QED) is 0.761. The topological polar surface area (TPSA) is 67.0 Å². The number of anilines is 1. The maximum Gasteiger partial charge on any atom is 0.273 e. The van der Waals surface area contributed by atoms with Gasteiger partial charge in [0.25, 0.3) is 5.91 Å². The number of hydrogen-bond donors (Lipinski definition) is 2. The number of carbonyl (C=O) groups excluding carboxylic acids is 1. The summed E-state index contributed by atoms with van der Waals surface area (Å²) in [7, 11) is 1.55. The Labute approximate surface area is 138 Å². The van der Waals surface area contributed by atoms with Gasteiger partial charge in [-0.25, -0.2) is 0 Å². The number of methoxy groups -OCH3 is 1. The molecule has 0 bridgehead atoms. The maximum atomic E-state index is 12.3. The fourth-order valence-corrected chi connectivity index (χ4v) is 2.36. The molecule has 6 heteroatoms. The molecule has 0 atom stereocenters. The molecule has 0 spiro atoms. The van der Waals surface area contributed by atoms with Crippen molar-refractivity contribution in [2.45, 2.75) is 0 Å². The SMILES string of the molecule is COc1ccccc1NC(=O)c1cc(-c2cccc(Cl)c2)n[nH]1. The third-order valence-electron chi connectivity index (χ3n) is 3.30. The van der Waals surface area contributed by atoms with Crippen LogP contribution in [0.15, 0.2) is 54.6 Å². The van der Waals surface area contributed by atoms with Gasteiger partial charge in [-0.15, -0.1) is 0 Å². The minimum absolute atomic E-state index is 0.296. The first-order chi connectivity index (χ1) is 11.2. The molecule has 0 saturated carbocycles. The average molecular weight is 328 g/mol. The van der Waals surface area contributed by atoms with Crippen LogP contribution in [0.4, 0.5) is 5.69 Å². The van der Waals surface area contributed by atoms with Crippen molar-refractivity contribution in [1.82, 2.24) is 10.2 Å². The number of amides is 1. The van der Waals surface area contributed by atoms with Crippen LogP contribution in [-0.2, 0) is 0 Å². The van der Waals surface area contributed by atoms with Crippen molar-refractivity contribution in [2.75, 3.05) is 12.4 Å². The number of rotatable bonds is 4. The van der Waals surface area contributed by atoms with E-state index in [1.807, 2.05) is 24.3 Å². The molecule has 1 heterocycles. The summed E-state index contributed by atoms with van der Waals surface area (Å²) in [6.45, 7) is 0. The summed E-state index contributed by atoms with van der Waals surface area (Å²) in [5.74, 6) is 0.297. The van der Waals surface area contributed by atoms with Crippen molar-refractivity contribution in [3.63, 3.8) is 0 Å². The van der Waals surface area contributed by atoms with Gasteiger partial charge >= 0.3 is 0 Å². The second-order valence-corrected chi connectivity index (χ2v) is 5.27. The van der Waals surface area contributed by atoms with Gasteiger partial charge in [0.05, 0.1) is 18.5 Å². The van der Waals surface area contributed by atoms with Gasteiger partial charge < -0.3 is 10.1 Å². The van der Waals surface area contributed by atoms with E-state index in [2.05, 4.69) is 15.5 Å². The van der Waals surface area contributed by atoms with Crippen LogP contribution in [0.25, 0.3) is 11.3 Å². The first-order valence-corrected chi connectivity index (χ1v) is 7.31. The van der Waals surface area contributed by atoms with Crippen molar-refractivity contribution < 1.29 is 9.53 Å². The molecule has 0 fully saturated rings. The zero-order valence-electron chi connectivity index (χ0n) is 12.3. The van der Waals surface area contributed by atoms with Crippen LogP contribution in [0.2, 0.25) is 5.02 Å². The third-order valence-corrected chi connectivity index (χ3v) is 3.53. The van der Waals surface area contributed by atoms with E-state index in [1.165, 1.54) is 0 Å². The summed E-state index contributed by atoms with van der Waals surface area (Å²) in [5.41, 5.74) is 2.44. The fraction of sp³-hybridized carbons (Fsp3) is 0.0588. The summed E-state index contributed by atoms with van der Waals surface area (Å²) in [4.78, 5) is 12.3. The van der Waals surface area contributed by atoms with Gasteiger partial charge in [0, 0.05) is 10.6 Å². The number of para-hydroxylation sites is 2. The second kappa shape index (κ2) is 6.54. The number of nitrogens with one attached hydrogen (secondary N) is 2. The van der Waals surface area contributed by atoms with E-state index >= 15 is 0 Å². The molecule has 1 amide bonds. The standard InChI is InChI=1S/C17H14ClN3O2/c1-23-16-8-3-2-7-13(16)19-17(22)15-10-14(20-21-15)11-5-4-6-12(18)9-11/h2-10H,1H3,(H,19,22)(H,20,21). The summed E-state index contributed by atoms with van der Waals surface area (Å²) < 4.78 is 5.21. The first-order valence-electron chi connectivity index (χ1n) is 6.93. The number of carbonyl (C=O) groups is 1. The molecule has 3 rings (SSSR count). The summed E-state index contributed by atoms with van der Waals surface area (Å²) in [6.07, 6.45) is 0. The number of H-pyrrole nitrogens is 1. The van der Waals surface area contributed by atoms with E-state index in [1.54, 1.807) is 37.4 Å². The van der Waals surface area contributed by atoms with Crippen LogP contribution in [0, 0.1) is 0 Å². The van der Waals surface area contributed by atoms with Gasteiger partial charge in [-0.2, -0.15) is 5.10 Å². The molecule has 2 N–H and O–H groups in total. The Bertz CT molecular complexity index is 845. The van der Waals surface area contributed by atoms with Crippen LogP contribution in [0.3, 0.4) is 0 Å². The van der Waals surface area contributed by atoms with Crippen molar-refractivity contribution in [1.29, 1.82) is 0 Å². The van der Waals surface area contributed by atoms with E-state index in [-0.39, 0.29) is 5.91 Å². The Morgan fingerprint density at radius 2 is 2.00 bits per heavy atom. The van der Waals surface area contributed by atoms with E-state index in [0.29, 0.717) is 27.8 Å². The molecular formula is C17H14ClN3O2. The number of benzene rings is 2. The molecule has 3 aromatic rings. The number of hydrogen-bond acceptors (Lipinski definition) is 3. The zero-order chi connectivity index (χ0) is 16.2. The van der Waals surface area contributed by atoms with Gasteiger partial charge in [-0.1, -0.05) is 35.9 Å². The minimum atomic E-state index is -0.296. The predicted molar refractivity (Wildman–Crippen MR) is 90.0 cm³/mol. The number of aromatic amines is 1. The molecule has 1 aromatic heterocycles. The highest BCUT2D eigenvalue weighted by atomic mass is 35.5. The molecule has 0 aliphatic rings. The lowest BCUT2D eigenvalue weighted by Crippen LogP contribution is -2.13. The molecule has 0 unspecified atom stereocenters. The van der Waals surface area contributed by atoms with Crippen molar-refractivity contribution >= 4 is 23.2 Å². The predicted octanol–water partition coefficient (Wildman–Crippen LogP) is 3.99. The van der Waals surface area contributed by atoms with Crippen LogP contribution in [0.5, 0.6) is 5.75 Å². The molecule has 23 heavy (non-hydrogen) atoms. The molecule has 0 radical (unpaired) electrons. The Morgan fingerprint density at radius 1 is 1.17 bits per heavy atom. The monoisotopic (exact) mass is 327 g/mol. The molecule has 2 aromatic carbocycles. The zero-order valence-corrected chi connectivity index (χ0v) is 13.1. The average Bonchev–Trinajstić information content (AvgIpc) is 3.05. The first kappa shape index (κ1) is 15.1. The van der Waals surface area contributed by atoms with Gasteiger partial charge in [-0.3, -0.25) is 9.89 Å². The number of nitrogens with zero attached hydrogens (tertiary/aromatic N) is 1. The van der Waals surface area contributed by atoms with Crippen molar-refractivity contribution in [3.05, 3.63) is 65.3 Å². The van der Waals surface area contributed by atoms with Crippen LogP contribution < -0.4 is 10.1 Å². The van der Waals surface area contributed by atoms with Crippen molar-refractivity contribution in [3.8, 4) is 17.0 Å². The van der Waals surface area contributed by atoms with Crippen LogP contribution in [-0.4, -0.2) is 23.2 Å². The van der Waals surface area contributed by atoms with Gasteiger partial charge in [0.15, 0.2) is 0 Å². The Morgan fingerprint density at radius 3 is 2.78 bits per heavy atom. The molecular weight excluding hydrogens is 314 g/mol. The van der Waals surface area contributed by atoms with Gasteiger partial charge in [0.2, 0.25) is 0 Å². The molecule has 5 nitrogen and oxygen atoms in total. The lowest BCUT2D eigenvalue weighted by molar-refractivity contribution is 0.102. The lowest BCUT2D eigenvalue weighted by atomic mass is 10.1. The fourth-order valence-electron chi connectivity index (χ4n) is 2.17. The highest BCUT2D eigenvalue weighted by molar-refractivity contribution is 6.30. The van der Waals surface area contributed by atoms with E-state index in [4.69, 9.17) is 16.3 Å².